The molecule has 6 heteroatoms. The van der Waals surface area contributed by atoms with Gasteiger partial charge in [-0.1, -0.05) is 24.3 Å². The zero-order valence-corrected chi connectivity index (χ0v) is 15.1. The van der Waals surface area contributed by atoms with Crippen LogP contribution < -0.4 is 10.1 Å². The molecule has 2 radical (unpaired) electrons. The molecule has 0 saturated carbocycles. The van der Waals surface area contributed by atoms with Crippen molar-refractivity contribution in [1.82, 2.24) is 10.1 Å². The Labute approximate surface area is 160 Å². The van der Waals surface area contributed by atoms with Crippen molar-refractivity contribution in [3.63, 3.8) is 0 Å². The average molecular weight is 360 g/mol. The Morgan fingerprint density at radius 2 is 2.00 bits per heavy atom. The summed E-state index contributed by atoms with van der Waals surface area (Å²) in [6.45, 7) is 2.80. The van der Waals surface area contributed by atoms with E-state index in [2.05, 4.69) is 11.4 Å². The molecule has 2 aliphatic heterocycles. The largest absolute Gasteiger partial charge is 0.492 e. The molecule has 1 amide bonds. The number of hydrogen-bond acceptors (Lipinski definition) is 4. The second-order valence-electron chi connectivity index (χ2n) is 7.32. The molecule has 0 bridgehead atoms. The first-order valence-electron chi connectivity index (χ1n) is 9.20. The molecule has 2 aromatic carbocycles. The van der Waals surface area contributed by atoms with Gasteiger partial charge in [0, 0.05) is 28.7 Å². The number of nitrogens with zero attached hydrogens (tertiary/aromatic N) is 1. The number of piperidine rings is 1. The fourth-order valence-electron chi connectivity index (χ4n) is 3.97. The summed E-state index contributed by atoms with van der Waals surface area (Å²) in [6.07, 6.45) is 2.65. The molecule has 1 fully saturated rings. The second-order valence-corrected chi connectivity index (χ2v) is 7.32. The topological polar surface area (TPSA) is 58.6 Å². The van der Waals surface area contributed by atoms with Crippen molar-refractivity contribution in [2.24, 2.45) is 0 Å². The molecule has 4 rings (SSSR count). The molecule has 0 unspecified atom stereocenters. The third kappa shape index (κ3) is 3.37. The van der Waals surface area contributed by atoms with Crippen molar-refractivity contribution in [3.8, 4) is 5.75 Å². The first-order valence-corrected chi connectivity index (χ1v) is 9.20. The van der Waals surface area contributed by atoms with Gasteiger partial charge in [-0.2, -0.15) is 0 Å². The van der Waals surface area contributed by atoms with Crippen LogP contribution in [-0.4, -0.2) is 44.7 Å². The zero-order chi connectivity index (χ0) is 18.9. The van der Waals surface area contributed by atoms with E-state index in [9.17, 15) is 9.59 Å². The van der Waals surface area contributed by atoms with Crippen LogP contribution in [0.15, 0.2) is 42.5 Å². The number of rotatable bonds is 4. The average Bonchev–Trinajstić information content (AvgIpc) is 3.06. The minimum Gasteiger partial charge on any atom is -0.492 e. The van der Waals surface area contributed by atoms with E-state index in [4.69, 9.17) is 12.7 Å². The highest BCUT2D eigenvalue weighted by Crippen LogP contribution is 2.45. The van der Waals surface area contributed by atoms with Gasteiger partial charge < -0.3 is 14.9 Å². The molecule has 1 saturated heterocycles. The second kappa shape index (κ2) is 7.20. The van der Waals surface area contributed by atoms with Gasteiger partial charge in [0.15, 0.2) is 14.3 Å². The summed E-state index contributed by atoms with van der Waals surface area (Å²) in [6, 6.07) is 12.9. The number of carbonyl (C=O) groups is 2. The Bertz CT molecular complexity index is 875. The molecular weight excluding hydrogens is 339 g/mol. The highest BCUT2D eigenvalue weighted by Gasteiger charge is 2.42. The Morgan fingerprint density at radius 3 is 2.78 bits per heavy atom. The van der Waals surface area contributed by atoms with Crippen molar-refractivity contribution < 1.29 is 14.3 Å². The number of nitrogens with one attached hydrogen (secondary N) is 1. The highest BCUT2D eigenvalue weighted by molar-refractivity contribution is 6.04. The fraction of sp³-hybridized carbons (Fsp3) is 0.333. The van der Waals surface area contributed by atoms with Crippen LogP contribution in [0.2, 0.25) is 0 Å². The molecule has 27 heavy (non-hydrogen) atoms. The van der Waals surface area contributed by atoms with Gasteiger partial charge in [0.25, 0.3) is 5.91 Å². The molecule has 0 aromatic heterocycles. The van der Waals surface area contributed by atoms with Crippen LogP contribution >= 0.6 is 0 Å². The van der Waals surface area contributed by atoms with E-state index in [1.807, 2.05) is 16.9 Å². The van der Waals surface area contributed by atoms with E-state index in [1.54, 1.807) is 24.3 Å². The Balaban J connectivity index is 1.50. The fourth-order valence-corrected chi connectivity index (χ4v) is 3.97. The molecule has 0 atom stereocenters. The lowest BCUT2D eigenvalue weighted by atomic mass is 9.73. The van der Waals surface area contributed by atoms with Crippen molar-refractivity contribution in [2.45, 2.75) is 24.8 Å². The normalized spacial score (nSPS) is 17.9. The first-order chi connectivity index (χ1) is 13.1. The minimum absolute atomic E-state index is 0.0232. The maximum Gasteiger partial charge on any atom is 0.252 e. The van der Waals surface area contributed by atoms with Gasteiger partial charge in [0.1, 0.15) is 5.75 Å². The molecule has 2 aliphatic rings. The number of hydrogen-bond donors (Lipinski definition) is 1. The predicted octanol–water partition coefficient (Wildman–Crippen LogP) is 2.24. The number of amides is 1. The van der Waals surface area contributed by atoms with E-state index < -0.39 is 0 Å². The van der Waals surface area contributed by atoms with Crippen molar-refractivity contribution in [3.05, 3.63) is 64.7 Å². The summed E-state index contributed by atoms with van der Waals surface area (Å²) in [4.78, 5) is 25.4. The van der Waals surface area contributed by atoms with Crippen LogP contribution in [0.25, 0.3) is 0 Å². The smallest absolute Gasteiger partial charge is 0.252 e. The molecule has 0 aliphatic carbocycles. The van der Waals surface area contributed by atoms with Crippen LogP contribution in [0.5, 0.6) is 5.75 Å². The molecule has 2 heterocycles. The molecular formula is C21H21BN2O3. The third-order valence-corrected chi connectivity index (χ3v) is 5.66. The summed E-state index contributed by atoms with van der Waals surface area (Å²) in [5.41, 5.74) is 3.05. The molecule has 2 aromatic rings. The highest BCUT2D eigenvalue weighted by atomic mass is 16.5. The van der Waals surface area contributed by atoms with Crippen LogP contribution in [0.4, 0.5) is 0 Å². The molecule has 136 valence electrons. The van der Waals surface area contributed by atoms with Gasteiger partial charge >= 0.3 is 0 Å². The van der Waals surface area contributed by atoms with Crippen molar-refractivity contribution >= 4 is 20.2 Å². The lowest BCUT2D eigenvalue weighted by molar-refractivity contribution is 0.0945. The van der Waals surface area contributed by atoms with E-state index in [-0.39, 0.29) is 11.3 Å². The quantitative estimate of drug-likeness (QED) is 0.671. The maximum absolute atomic E-state index is 12.4. The Kier molecular flexibility index (Phi) is 4.74. The van der Waals surface area contributed by atoms with Crippen molar-refractivity contribution in [2.75, 3.05) is 19.7 Å². The maximum atomic E-state index is 12.4. The van der Waals surface area contributed by atoms with E-state index in [1.165, 1.54) is 5.56 Å². The van der Waals surface area contributed by atoms with Crippen molar-refractivity contribution in [1.29, 1.82) is 0 Å². The van der Waals surface area contributed by atoms with Crippen LogP contribution in [0.3, 0.4) is 0 Å². The standard InChI is InChI=1S/C21H21BN2O3/c22-24-9-7-21(8-10-24)14-27-19-6-5-15(11-18(19)21)12-23-20(26)17-4-2-1-3-16(17)13-25/h1-6,11,13H,7-10,12,14H2,(H,23,26). The van der Waals surface area contributed by atoms with Crippen LogP contribution in [0, 0.1) is 0 Å². The van der Waals surface area contributed by atoms with Crippen LogP contribution in [0.1, 0.15) is 44.7 Å². The number of benzene rings is 2. The van der Waals surface area contributed by atoms with Gasteiger partial charge in [-0.25, -0.2) is 0 Å². The summed E-state index contributed by atoms with van der Waals surface area (Å²) in [5.74, 6) is 0.683. The van der Waals surface area contributed by atoms with Gasteiger partial charge in [-0.05, 0) is 49.7 Å². The molecule has 1 spiro atoms. The molecule has 5 nitrogen and oxygen atoms in total. The number of aldehydes is 1. The first kappa shape index (κ1) is 17.8. The number of fused-ring (bicyclic) bond motifs is 2. The van der Waals surface area contributed by atoms with E-state index in [0.29, 0.717) is 30.6 Å². The van der Waals surface area contributed by atoms with Crippen LogP contribution in [-0.2, 0) is 12.0 Å². The van der Waals surface area contributed by atoms with E-state index >= 15 is 0 Å². The zero-order valence-electron chi connectivity index (χ0n) is 15.1. The minimum atomic E-state index is -0.249. The van der Waals surface area contributed by atoms with Gasteiger partial charge in [0.2, 0.25) is 0 Å². The predicted molar refractivity (Wildman–Crippen MR) is 103 cm³/mol. The SMILES string of the molecule is [B]N1CCC2(CC1)COc1ccc(CNC(=O)c3ccccc3C=O)cc12. The summed E-state index contributed by atoms with van der Waals surface area (Å²) in [7, 11) is 5.92. The number of ether oxygens (including phenoxy) is 1. The van der Waals surface area contributed by atoms with Gasteiger partial charge in [-0.3, -0.25) is 9.59 Å². The molecule has 1 N–H and O–H groups in total. The van der Waals surface area contributed by atoms with E-state index in [0.717, 1.165) is 37.2 Å². The summed E-state index contributed by atoms with van der Waals surface area (Å²) in [5, 5.41) is 2.91. The Morgan fingerprint density at radius 1 is 1.22 bits per heavy atom. The lowest BCUT2D eigenvalue weighted by Crippen LogP contribution is -2.42. The monoisotopic (exact) mass is 360 g/mol. The summed E-state index contributed by atoms with van der Waals surface area (Å²) >= 11 is 0. The summed E-state index contributed by atoms with van der Waals surface area (Å²) < 4.78 is 5.92. The van der Waals surface area contributed by atoms with Gasteiger partial charge in [-0.15, -0.1) is 0 Å². The lowest BCUT2D eigenvalue weighted by Gasteiger charge is -2.37. The third-order valence-electron chi connectivity index (χ3n) is 5.66. The van der Waals surface area contributed by atoms with Gasteiger partial charge in [0.05, 0.1) is 6.61 Å². The Hall–Kier alpha value is -2.60. The number of carbonyl (C=O) groups excluding carboxylic acids is 2.